The molecule has 1 fully saturated rings. The molecular weight excluding hydrogens is 228 g/mol. The zero-order valence-corrected chi connectivity index (χ0v) is 10.8. The van der Waals surface area contributed by atoms with Gasteiger partial charge in [-0.25, -0.2) is 0 Å². The average Bonchev–Trinajstić information content (AvgIpc) is 2.33. The van der Waals surface area contributed by atoms with Crippen LogP contribution in [0.15, 0.2) is 24.5 Å². The van der Waals surface area contributed by atoms with Gasteiger partial charge in [0.25, 0.3) is 0 Å². The highest BCUT2D eigenvalue weighted by Gasteiger charge is 2.31. The Morgan fingerprint density at radius 1 is 1.39 bits per heavy atom. The lowest BCUT2D eigenvalue weighted by Crippen LogP contribution is -2.39. The van der Waals surface area contributed by atoms with E-state index in [-0.39, 0.29) is 11.8 Å². The number of hydrogen-bond donors (Lipinski definition) is 1. The maximum Gasteiger partial charge on any atom is 0.303 e. The van der Waals surface area contributed by atoms with Crippen molar-refractivity contribution in [1.82, 2.24) is 9.88 Å². The van der Waals surface area contributed by atoms with E-state index in [9.17, 15) is 4.79 Å². The number of likely N-dealkylation sites (tertiary alicyclic amines) is 1. The monoisotopic (exact) mass is 248 g/mol. The highest BCUT2D eigenvalue weighted by Crippen LogP contribution is 2.34. The van der Waals surface area contributed by atoms with Crippen molar-refractivity contribution < 1.29 is 9.90 Å². The predicted molar refractivity (Wildman–Crippen MR) is 69.1 cm³/mol. The average molecular weight is 248 g/mol. The minimum absolute atomic E-state index is 0.0272. The van der Waals surface area contributed by atoms with Gasteiger partial charge in [-0.3, -0.25) is 14.7 Å². The zero-order valence-electron chi connectivity index (χ0n) is 10.8. The Morgan fingerprint density at radius 3 is 2.56 bits per heavy atom. The van der Waals surface area contributed by atoms with Gasteiger partial charge in [0, 0.05) is 18.9 Å². The number of rotatable bonds is 4. The lowest BCUT2D eigenvalue weighted by Gasteiger charge is -2.38. The molecule has 18 heavy (non-hydrogen) atoms. The molecule has 1 aliphatic rings. The molecule has 98 valence electrons. The van der Waals surface area contributed by atoms with Crippen LogP contribution in [0.2, 0.25) is 0 Å². The molecule has 2 heterocycles. The van der Waals surface area contributed by atoms with Crippen LogP contribution < -0.4 is 0 Å². The molecule has 0 saturated carbocycles. The van der Waals surface area contributed by atoms with Gasteiger partial charge in [-0.1, -0.05) is 6.92 Å². The Kier molecular flexibility index (Phi) is 3.97. The minimum atomic E-state index is -0.680. The molecule has 4 heteroatoms. The summed E-state index contributed by atoms with van der Waals surface area (Å²) in [6.45, 7) is 4.98. The van der Waals surface area contributed by atoms with Gasteiger partial charge >= 0.3 is 5.97 Å². The van der Waals surface area contributed by atoms with Gasteiger partial charge in [-0.05, 0) is 49.0 Å². The molecular formula is C14H20N2O2. The molecule has 0 radical (unpaired) electrons. The van der Waals surface area contributed by atoms with Crippen molar-refractivity contribution in [3.05, 3.63) is 30.1 Å². The molecule has 1 aliphatic heterocycles. The summed E-state index contributed by atoms with van der Waals surface area (Å²) in [6, 6.07) is 4.07. The predicted octanol–water partition coefficient (Wildman–Crippen LogP) is 2.16. The van der Waals surface area contributed by atoms with Gasteiger partial charge in [0.1, 0.15) is 0 Å². The third-order valence-corrected chi connectivity index (χ3v) is 3.80. The molecule has 1 aromatic rings. The van der Waals surface area contributed by atoms with Crippen LogP contribution in [0.3, 0.4) is 0 Å². The fourth-order valence-electron chi connectivity index (χ4n) is 2.54. The van der Waals surface area contributed by atoms with Crippen molar-refractivity contribution in [3.8, 4) is 0 Å². The molecule has 1 aromatic heterocycles. The number of aliphatic carboxylic acids is 1. The summed E-state index contributed by atoms with van der Waals surface area (Å²) in [4.78, 5) is 17.2. The van der Waals surface area contributed by atoms with Gasteiger partial charge in [0.2, 0.25) is 0 Å². The maximum absolute atomic E-state index is 10.8. The van der Waals surface area contributed by atoms with Crippen LogP contribution in [0.4, 0.5) is 0 Å². The SMILES string of the molecule is CC1(CC(=O)O)CCN(Cc2ccncc2)CC1. The first-order valence-electron chi connectivity index (χ1n) is 6.40. The van der Waals surface area contributed by atoms with E-state index in [1.165, 1.54) is 5.56 Å². The molecule has 1 N–H and O–H groups in total. The summed E-state index contributed by atoms with van der Waals surface area (Å²) in [5, 5.41) is 8.91. The minimum Gasteiger partial charge on any atom is -0.481 e. The number of piperidine rings is 1. The summed E-state index contributed by atoms with van der Waals surface area (Å²) in [7, 11) is 0. The molecule has 0 bridgehead atoms. The third-order valence-electron chi connectivity index (χ3n) is 3.80. The first-order chi connectivity index (χ1) is 8.57. The lowest BCUT2D eigenvalue weighted by atomic mass is 9.77. The molecule has 0 atom stereocenters. The molecule has 0 spiro atoms. The van der Waals surface area contributed by atoms with E-state index in [1.807, 2.05) is 24.5 Å². The molecule has 1 saturated heterocycles. The number of carboxylic acids is 1. The van der Waals surface area contributed by atoms with Crippen LogP contribution in [-0.4, -0.2) is 34.0 Å². The van der Waals surface area contributed by atoms with E-state index in [4.69, 9.17) is 5.11 Å². The van der Waals surface area contributed by atoms with E-state index < -0.39 is 5.97 Å². The largest absolute Gasteiger partial charge is 0.481 e. The highest BCUT2D eigenvalue weighted by molar-refractivity contribution is 5.67. The van der Waals surface area contributed by atoms with Crippen molar-refractivity contribution >= 4 is 5.97 Å². The van der Waals surface area contributed by atoms with E-state index in [2.05, 4.69) is 16.8 Å². The Labute approximate surface area is 108 Å². The second-order valence-corrected chi connectivity index (χ2v) is 5.51. The summed E-state index contributed by atoms with van der Waals surface area (Å²) in [6.07, 6.45) is 5.84. The van der Waals surface area contributed by atoms with Crippen molar-refractivity contribution in [2.45, 2.75) is 32.7 Å². The van der Waals surface area contributed by atoms with Gasteiger partial charge in [0.05, 0.1) is 6.42 Å². The van der Waals surface area contributed by atoms with Gasteiger partial charge < -0.3 is 5.11 Å². The number of nitrogens with zero attached hydrogens (tertiary/aromatic N) is 2. The van der Waals surface area contributed by atoms with Crippen molar-refractivity contribution in [3.63, 3.8) is 0 Å². The van der Waals surface area contributed by atoms with E-state index >= 15 is 0 Å². The Hall–Kier alpha value is -1.42. The van der Waals surface area contributed by atoms with Crippen LogP contribution in [0, 0.1) is 5.41 Å². The van der Waals surface area contributed by atoms with Crippen molar-refractivity contribution in [1.29, 1.82) is 0 Å². The second kappa shape index (κ2) is 5.48. The van der Waals surface area contributed by atoms with Crippen LogP contribution in [0.1, 0.15) is 31.7 Å². The number of aromatic nitrogens is 1. The molecule has 0 aliphatic carbocycles. The van der Waals surface area contributed by atoms with Crippen molar-refractivity contribution in [2.24, 2.45) is 5.41 Å². The van der Waals surface area contributed by atoms with Gasteiger partial charge in [-0.15, -0.1) is 0 Å². The van der Waals surface area contributed by atoms with Crippen molar-refractivity contribution in [2.75, 3.05) is 13.1 Å². The first-order valence-corrected chi connectivity index (χ1v) is 6.40. The second-order valence-electron chi connectivity index (χ2n) is 5.51. The smallest absolute Gasteiger partial charge is 0.303 e. The van der Waals surface area contributed by atoms with Crippen LogP contribution >= 0.6 is 0 Å². The Bertz CT molecular complexity index is 398. The number of carboxylic acid groups (broad SMARTS) is 1. The highest BCUT2D eigenvalue weighted by atomic mass is 16.4. The number of carbonyl (C=O) groups is 1. The molecule has 0 unspecified atom stereocenters. The van der Waals surface area contributed by atoms with Crippen LogP contribution in [0.5, 0.6) is 0 Å². The quantitative estimate of drug-likeness (QED) is 0.887. The summed E-state index contributed by atoms with van der Waals surface area (Å²) in [5.41, 5.74) is 1.24. The number of pyridine rings is 1. The number of hydrogen-bond acceptors (Lipinski definition) is 3. The normalized spacial score (nSPS) is 19.6. The van der Waals surface area contributed by atoms with E-state index in [0.29, 0.717) is 0 Å². The summed E-state index contributed by atoms with van der Waals surface area (Å²) >= 11 is 0. The van der Waals surface area contributed by atoms with Crippen LogP contribution in [-0.2, 0) is 11.3 Å². The lowest BCUT2D eigenvalue weighted by molar-refractivity contribution is -0.140. The fraction of sp³-hybridized carbons (Fsp3) is 0.571. The maximum atomic E-state index is 10.8. The summed E-state index contributed by atoms with van der Waals surface area (Å²) < 4.78 is 0. The molecule has 0 amide bonds. The molecule has 2 rings (SSSR count). The zero-order chi connectivity index (χ0) is 13.0. The van der Waals surface area contributed by atoms with Gasteiger partial charge in [0.15, 0.2) is 0 Å². The third kappa shape index (κ3) is 3.53. The fourth-order valence-corrected chi connectivity index (χ4v) is 2.54. The van der Waals surface area contributed by atoms with Crippen LogP contribution in [0.25, 0.3) is 0 Å². The Balaban J connectivity index is 1.85. The molecule has 0 aromatic carbocycles. The standard InChI is InChI=1S/C14H20N2O2/c1-14(10-13(17)18)4-8-16(9-5-14)11-12-2-6-15-7-3-12/h2-3,6-7H,4-5,8-11H2,1H3,(H,17,18). The molecule has 4 nitrogen and oxygen atoms in total. The van der Waals surface area contributed by atoms with Gasteiger partial charge in [-0.2, -0.15) is 0 Å². The topological polar surface area (TPSA) is 53.4 Å². The van der Waals surface area contributed by atoms with E-state index in [0.717, 1.165) is 32.5 Å². The van der Waals surface area contributed by atoms with E-state index in [1.54, 1.807) is 0 Å². The summed E-state index contributed by atoms with van der Waals surface area (Å²) in [5.74, 6) is -0.680. The first kappa shape index (κ1) is 13.0. The Morgan fingerprint density at radius 2 is 2.00 bits per heavy atom.